The molecule has 0 amide bonds. The maximum absolute atomic E-state index is 2.46. The van der Waals surface area contributed by atoms with E-state index in [0.29, 0.717) is 0 Å². The summed E-state index contributed by atoms with van der Waals surface area (Å²) < 4.78 is 0. The van der Waals surface area contributed by atoms with Gasteiger partial charge in [0, 0.05) is 10.8 Å². The molecule has 0 spiro atoms. The first-order valence-electron chi connectivity index (χ1n) is 18.3. The highest BCUT2D eigenvalue weighted by molar-refractivity contribution is 5.94. The van der Waals surface area contributed by atoms with Crippen LogP contribution in [-0.2, 0) is 10.8 Å². The fraction of sp³-hybridized carbons (Fsp3) is 0.137. The highest BCUT2D eigenvalue weighted by Gasteiger charge is 2.38. The van der Waals surface area contributed by atoms with Crippen molar-refractivity contribution in [2.24, 2.45) is 0 Å². The molecule has 0 aromatic heterocycles. The van der Waals surface area contributed by atoms with Crippen molar-refractivity contribution in [1.82, 2.24) is 0 Å². The van der Waals surface area contributed by atoms with Gasteiger partial charge in [0.05, 0.1) is 0 Å². The third-order valence-electron chi connectivity index (χ3n) is 12.3. The molecule has 0 N–H and O–H groups in total. The average molecular weight is 653 g/mol. The van der Waals surface area contributed by atoms with Gasteiger partial charge in [0.2, 0.25) is 0 Å². The van der Waals surface area contributed by atoms with E-state index in [1.165, 1.54) is 105 Å². The molecular weight excluding hydrogens is 613 g/mol. The van der Waals surface area contributed by atoms with Gasteiger partial charge >= 0.3 is 0 Å². The molecule has 0 saturated carbocycles. The van der Waals surface area contributed by atoms with E-state index in [0.717, 1.165) is 0 Å². The minimum atomic E-state index is -0.104. The summed E-state index contributed by atoms with van der Waals surface area (Å²) in [6.45, 7) is 11.8. The fourth-order valence-electron chi connectivity index (χ4n) is 9.29. The first-order chi connectivity index (χ1) is 24.7. The number of rotatable bonds is 3. The van der Waals surface area contributed by atoms with Crippen LogP contribution in [0.25, 0.3) is 77.2 Å². The Morgan fingerprint density at radius 1 is 0.314 bits per heavy atom. The summed E-state index contributed by atoms with van der Waals surface area (Å²) in [5, 5.41) is 5.18. The van der Waals surface area contributed by atoms with Crippen LogP contribution in [-0.4, -0.2) is 0 Å². The number of hydrogen-bond acceptors (Lipinski definition) is 0. The normalized spacial score (nSPS) is 14.7. The fourth-order valence-corrected chi connectivity index (χ4v) is 9.29. The van der Waals surface area contributed by atoms with Crippen LogP contribution in [0, 0.1) is 6.92 Å². The van der Waals surface area contributed by atoms with Crippen molar-refractivity contribution >= 4 is 21.5 Å². The lowest BCUT2D eigenvalue weighted by molar-refractivity contribution is 0.660. The van der Waals surface area contributed by atoms with Gasteiger partial charge in [-0.05, 0) is 142 Å². The van der Waals surface area contributed by atoms with Crippen molar-refractivity contribution in [3.05, 3.63) is 179 Å². The Morgan fingerprint density at radius 2 is 0.686 bits per heavy atom. The van der Waals surface area contributed by atoms with Crippen LogP contribution in [0.4, 0.5) is 0 Å². The van der Waals surface area contributed by atoms with Crippen LogP contribution in [0.2, 0.25) is 0 Å². The summed E-state index contributed by atoms with van der Waals surface area (Å²) in [5.74, 6) is 0. The van der Waals surface area contributed by atoms with Crippen molar-refractivity contribution in [3.8, 4) is 55.6 Å². The standard InChI is InChI=1S/C51H40/c1-31-40-13-9-8-11-33(40)16-21-41(31)39-20-25-45-44-24-19-38(29-48(44)51(4,5)49(45)30-39)37-18-23-43-42-22-17-36(27-46(42)50(2,3)47(43)28-37)35-15-14-32-10-6-7-12-34(32)26-35/h6-30H,1-5H3. The van der Waals surface area contributed by atoms with Crippen LogP contribution in [0.3, 0.4) is 0 Å². The largest absolute Gasteiger partial charge is 0.0616 e. The molecule has 2 aliphatic carbocycles. The summed E-state index contributed by atoms with van der Waals surface area (Å²) in [4.78, 5) is 0. The van der Waals surface area contributed by atoms with Gasteiger partial charge in [-0.25, -0.2) is 0 Å². The highest BCUT2D eigenvalue weighted by atomic mass is 14.4. The van der Waals surface area contributed by atoms with Crippen LogP contribution in [0.5, 0.6) is 0 Å². The average Bonchev–Trinajstić information content (AvgIpc) is 3.53. The second-order valence-corrected chi connectivity index (χ2v) is 15.8. The summed E-state index contributed by atoms with van der Waals surface area (Å²) in [6, 6.07) is 57.2. The minimum Gasteiger partial charge on any atom is -0.0616 e. The maximum Gasteiger partial charge on any atom is 0.0159 e. The van der Waals surface area contributed by atoms with Crippen LogP contribution in [0.15, 0.2) is 152 Å². The highest BCUT2D eigenvalue weighted by Crippen LogP contribution is 2.53. The smallest absolute Gasteiger partial charge is 0.0159 e. The molecule has 10 rings (SSSR count). The van der Waals surface area contributed by atoms with Gasteiger partial charge in [0.15, 0.2) is 0 Å². The number of benzene rings is 8. The minimum absolute atomic E-state index is 0.100. The molecule has 0 radical (unpaired) electrons. The molecule has 0 unspecified atom stereocenters. The summed E-state index contributed by atoms with van der Waals surface area (Å²) in [5.41, 5.74) is 19.9. The Kier molecular flexibility index (Phi) is 6.29. The molecular formula is C51H40. The quantitative estimate of drug-likeness (QED) is 0.178. The number of hydrogen-bond donors (Lipinski definition) is 0. The van der Waals surface area contributed by atoms with Gasteiger partial charge in [0.25, 0.3) is 0 Å². The molecule has 0 saturated heterocycles. The molecule has 0 fully saturated rings. The SMILES string of the molecule is Cc1c(-c2ccc3c(c2)C(C)(C)c2cc(-c4ccc5c(c4)C(C)(C)c4cc(-c6ccc7ccccc7c6)ccc4-5)ccc2-3)ccc2ccccc12. The van der Waals surface area contributed by atoms with Gasteiger partial charge in [-0.3, -0.25) is 0 Å². The van der Waals surface area contributed by atoms with E-state index >= 15 is 0 Å². The third kappa shape index (κ3) is 4.39. The molecule has 2 aliphatic rings. The third-order valence-corrected chi connectivity index (χ3v) is 12.3. The topological polar surface area (TPSA) is 0 Å². The molecule has 244 valence electrons. The molecule has 0 nitrogen and oxygen atoms in total. The molecule has 0 aliphatic heterocycles. The predicted molar refractivity (Wildman–Crippen MR) is 218 cm³/mol. The Bertz CT molecular complexity index is 2750. The Hall–Kier alpha value is -5.72. The van der Waals surface area contributed by atoms with Gasteiger partial charge in [-0.15, -0.1) is 0 Å². The van der Waals surface area contributed by atoms with Crippen molar-refractivity contribution in [1.29, 1.82) is 0 Å². The van der Waals surface area contributed by atoms with Gasteiger partial charge in [-0.1, -0.05) is 149 Å². The van der Waals surface area contributed by atoms with E-state index in [9.17, 15) is 0 Å². The molecule has 0 heteroatoms. The van der Waals surface area contributed by atoms with E-state index in [4.69, 9.17) is 0 Å². The van der Waals surface area contributed by atoms with Crippen LogP contribution in [0.1, 0.15) is 55.5 Å². The Labute approximate surface area is 301 Å². The van der Waals surface area contributed by atoms with E-state index in [2.05, 4.69) is 186 Å². The van der Waals surface area contributed by atoms with E-state index in [1.54, 1.807) is 0 Å². The molecule has 0 heterocycles. The zero-order valence-corrected chi connectivity index (χ0v) is 29.9. The van der Waals surface area contributed by atoms with Crippen molar-refractivity contribution < 1.29 is 0 Å². The van der Waals surface area contributed by atoms with Crippen molar-refractivity contribution in [2.45, 2.75) is 45.4 Å². The summed E-state index contributed by atoms with van der Waals surface area (Å²) in [7, 11) is 0. The Balaban J connectivity index is 1.00. The van der Waals surface area contributed by atoms with Crippen LogP contribution >= 0.6 is 0 Å². The van der Waals surface area contributed by atoms with E-state index < -0.39 is 0 Å². The van der Waals surface area contributed by atoms with Gasteiger partial charge < -0.3 is 0 Å². The first-order valence-corrected chi connectivity index (χ1v) is 18.3. The monoisotopic (exact) mass is 652 g/mol. The number of fused-ring (bicyclic) bond motifs is 8. The lowest BCUT2D eigenvalue weighted by Crippen LogP contribution is -2.15. The molecule has 0 atom stereocenters. The molecule has 8 aromatic rings. The lowest BCUT2D eigenvalue weighted by atomic mass is 9.79. The predicted octanol–water partition coefficient (Wildman–Crippen LogP) is 13.9. The van der Waals surface area contributed by atoms with Gasteiger partial charge in [0.1, 0.15) is 0 Å². The van der Waals surface area contributed by atoms with Crippen molar-refractivity contribution in [2.75, 3.05) is 0 Å². The zero-order chi connectivity index (χ0) is 34.6. The molecule has 0 bridgehead atoms. The maximum atomic E-state index is 2.46. The first kappa shape index (κ1) is 30.1. The summed E-state index contributed by atoms with van der Waals surface area (Å²) >= 11 is 0. The van der Waals surface area contributed by atoms with Gasteiger partial charge in [-0.2, -0.15) is 0 Å². The Morgan fingerprint density at radius 3 is 1.24 bits per heavy atom. The lowest BCUT2D eigenvalue weighted by Gasteiger charge is -2.24. The van der Waals surface area contributed by atoms with Crippen molar-refractivity contribution in [3.63, 3.8) is 0 Å². The van der Waals surface area contributed by atoms with E-state index in [1.807, 2.05) is 0 Å². The molecule has 8 aromatic carbocycles. The second kappa shape index (κ2) is 10.6. The van der Waals surface area contributed by atoms with E-state index in [-0.39, 0.29) is 10.8 Å². The summed E-state index contributed by atoms with van der Waals surface area (Å²) in [6.07, 6.45) is 0. The number of aryl methyl sites for hydroxylation is 1. The zero-order valence-electron chi connectivity index (χ0n) is 29.9. The second-order valence-electron chi connectivity index (χ2n) is 15.8. The van der Waals surface area contributed by atoms with Crippen LogP contribution < -0.4 is 0 Å². The molecule has 51 heavy (non-hydrogen) atoms.